The van der Waals surface area contributed by atoms with Crippen LogP contribution >= 0.6 is 0 Å². The van der Waals surface area contributed by atoms with Crippen LogP contribution in [0.25, 0.3) is 0 Å². The van der Waals surface area contributed by atoms with Crippen molar-refractivity contribution in [3.8, 4) is 0 Å². The smallest absolute Gasteiger partial charge is 0.303 e. The summed E-state index contributed by atoms with van der Waals surface area (Å²) in [6, 6.07) is -0.630. The summed E-state index contributed by atoms with van der Waals surface area (Å²) >= 11 is 0. The molecule has 3 atom stereocenters. The maximum absolute atomic E-state index is 11.0. The van der Waals surface area contributed by atoms with Gasteiger partial charge in [-0.05, 0) is 19.3 Å². The van der Waals surface area contributed by atoms with Crippen LogP contribution in [0.2, 0.25) is 0 Å². The molecule has 0 rings (SSSR count). The lowest BCUT2D eigenvalue weighted by atomic mass is 9.97. The van der Waals surface area contributed by atoms with Crippen molar-refractivity contribution in [1.29, 1.82) is 0 Å². The SMILES string of the molecule is C[C@H](CC(=O)O)C[C@H](N)[C@H](C)S(N)(=O)=O. The highest BCUT2D eigenvalue weighted by atomic mass is 32.2. The standard InChI is InChI=1S/C8H18N2O4S/c1-5(4-8(11)12)3-7(9)6(2)15(10,13)14/h5-7H,3-4,9H2,1-2H3,(H,11,12)(H2,10,13,14)/t5-,6-,7-/m0/s1. The Labute approximate surface area is 89.7 Å². The number of aliphatic carboxylic acids is 1. The fraction of sp³-hybridized carbons (Fsp3) is 0.875. The molecule has 0 unspecified atom stereocenters. The van der Waals surface area contributed by atoms with E-state index in [4.69, 9.17) is 16.0 Å². The van der Waals surface area contributed by atoms with Gasteiger partial charge in [-0.2, -0.15) is 0 Å². The van der Waals surface area contributed by atoms with Crippen LogP contribution in [0.3, 0.4) is 0 Å². The van der Waals surface area contributed by atoms with Crippen LogP contribution in [-0.4, -0.2) is 30.8 Å². The zero-order chi connectivity index (χ0) is 12.2. The van der Waals surface area contributed by atoms with Crippen molar-refractivity contribution >= 4 is 16.0 Å². The minimum absolute atomic E-state index is 0.0228. The molecule has 90 valence electrons. The van der Waals surface area contributed by atoms with Gasteiger partial charge in [0, 0.05) is 12.5 Å². The van der Waals surface area contributed by atoms with Gasteiger partial charge < -0.3 is 10.8 Å². The molecule has 0 aromatic rings. The first kappa shape index (κ1) is 14.3. The highest BCUT2D eigenvalue weighted by Crippen LogP contribution is 2.13. The Balaban J connectivity index is 4.25. The van der Waals surface area contributed by atoms with E-state index in [9.17, 15) is 13.2 Å². The summed E-state index contributed by atoms with van der Waals surface area (Å²) < 4.78 is 21.9. The third kappa shape index (κ3) is 5.71. The normalized spacial score (nSPS) is 18.1. The summed E-state index contributed by atoms with van der Waals surface area (Å²) in [5.74, 6) is -1.08. The first-order valence-corrected chi connectivity index (χ1v) is 6.24. The second kappa shape index (κ2) is 5.43. The quantitative estimate of drug-likeness (QED) is 0.575. The molecule has 0 saturated carbocycles. The van der Waals surface area contributed by atoms with Crippen molar-refractivity contribution in [2.24, 2.45) is 16.8 Å². The summed E-state index contributed by atoms with van der Waals surface area (Å²) in [4.78, 5) is 10.4. The Bertz CT molecular complexity index is 315. The second-order valence-corrected chi connectivity index (χ2v) is 5.82. The minimum Gasteiger partial charge on any atom is -0.481 e. The van der Waals surface area contributed by atoms with E-state index in [1.165, 1.54) is 6.92 Å². The van der Waals surface area contributed by atoms with E-state index < -0.39 is 27.3 Å². The molecule has 0 radical (unpaired) electrons. The molecule has 0 saturated heterocycles. The van der Waals surface area contributed by atoms with E-state index in [2.05, 4.69) is 0 Å². The van der Waals surface area contributed by atoms with Gasteiger partial charge >= 0.3 is 5.97 Å². The van der Waals surface area contributed by atoms with E-state index in [0.717, 1.165) is 0 Å². The monoisotopic (exact) mass is 238 g/mol. The average molecular weight is 238 g/mol. The van der Waals surface area contributed by atoms with E-state index >= 15 is 0 Å². The van der Waals surface area contributed by atoms with Crippen molar-refractivity contribution in [1.82, 2.24) is 0 Å². The van der Waals surface area contributed by atoms with Crippen molar-refractivity contribution in [3.05, 3.63) is 0 Å². The molecular weight excluding hydrogens is 220 g/mol. The lowest BCUT2D eigenvalue weighted by Crippen LogP contribution is -2.42. The van der Waals surface area contributed by atoms with E-state index in [1.807, 2.05) is 0 Å². The second-order valence-electron chi connectivity index (χ2n) is 3.90. The Kier molecular flexibility index (Phi) is 5.19. The molecule has 0 aromatic carbocycles. The fourth-order valence-electron chi connectivity index (χ4n) is 1.28. The Morgan fingerprint density at radius 1 is 1.40 bits per heavy atom. The van der Waals surface area contributed by atoms with Gasteiger partial charge in [-0.3, -0.25) is 4.79 Å². The third-order valence-electron chi connectivity index (χ3n) is 2.32. The van der Waals surface area contributed by atoms with Crippen LogP contribution in [0, 0.1) is 5.92 Å². The maximum atomic E-state index is 11.0. The summed E-state index contributed by atoms with van der Waals surface area (Å²) in [7, 11) is -3.65. The number of carboxylic acid groups (broad SMARTS) is 1. The van der Waals surface area contributed by atoms with Gasteiger partial charge in [0.05, 0.1) is 5.25 Å². The molecule has 0 fully saturated rings. The first-order chi connectivity index (χ1) is 6.64. The predicted molar refractivity (Wildman–Crippen MR) is 56.6 cm³/mol. The average Bonchev–Trinajstić information content (AvgIpc) is 1.99. The van der Waals surface area contributed by atoms with E-state index in [-0.39, 0.29) is 12.3 Å². The third-order valence-corrected chi connectivity index (χ3v) is 3.70. The summed E-state index contributed by atoms with van der Waals surface area (Å²) in [5, 5.41) is 12.6. The van der Waals surface area contributed by atoms with Crippen LogP contribution in [0.4, 0.5) is 0 Å². The molecule has 6 nitrogen and oxygen atoms in total. The fourth-order valence-corrected chi connectivity index (χ4v) is 1.88. The first-order valence-electron chi connectivity index (χ1n) is 4.63. The number of sulfonamides is 1. The van der Waals surface area contributed by atoms with Crippen molar-refractivity contribution in [2.75, 3.05) is 0 Å². The number of carboxylic acids is 1. The Hall–Kier alpha value is -0.660. The van der Waals surface area contributed by atoms with Gasteiger partial charge in [0.2, 0.25) is 10.0 Å². The Morgan fingerprint density at radius 2 is 1.87 bits per heavy atom. The number of primary sulfonamides is 1. The molecule has 0 aromatic heterocycles. The van der Waals surface area contributed by atoms with E-state index in [1.54, 1.807) is 6.92 Å². The number of hydrogen-bond acceptors (Lipinski definition) is 4. The highest BCUT2D eigenvalue weighted by Gasteiger charge is 2.25. The van der Waals surface area contributed by atoms with Gasteiger partial charge in [-0.1, -0.05) is 6.92 Å². The van der Waals surface area contributed by atoms with Crippen LogP contribution in [0.15, 0.2) is 0 Å². The molecule has 0 bridgehead atoms. The zero-order valence-electron chi connectivity index (χ0n) is 8.88. The number of rotatable bonds is 6. The summed E-state index contributed by atoms with van der Waals surface area (Å²) in [6.07, 6.45) is 0.301. The molecule has 0 amide bonds. The van der Waals surface area contributed by atoms with Gasteiger partial charge in [0.15, 0.2) is 0 Å². The van der Waals surface area contributed by atoms with Crippen LogP contribution < -0.4 is 10.9 Å². The van der Waals surface area contributed by atoms with Gasteiger partial charge in [0.25, 0.3) is 0 Å². The highest BCUT2D eigenvalue weighted by molar-refractivity contribution is 7.89. The molecular formula is C8H18N2O4S. The van der Waals surface area contributed by atoms with E-state index in [0.29, 0.717) is 6.42 Å². The lowest BCUT2D eigenvalue weighted by Gasteiger charge is -2.20. The van der Waals surface area contributed by atoms with Gasteiger partial charge in [0.1, 0.15) is 0 Å². The summed E-state index contributed by atoms with van der Waals surface area (Å²) in [6.45, 7) is 3.14. The number of hydrogen-bond donors (Lipinski definition) is 3. The minimum atomic E-state index is -3.65. The molecule has 0 aliphatic rings. The van der Waals surface area contributed by atoms with Gasteiger partial charge in [-0.15, -0.1) is 0 Å². The van der Waals surface area contributed by atoms with Crippen LogP contribution in [0.1, 0.15) is 26.7 Å². The summed E-state index contributed by atoms with van der Waals surface area (Å²) in [5.41, 5.74) is 5.63. The predicted octanol–water partition coefficient (Wildman–Crippen LogP) is -0.508. The molecule has 0 aliphatic carbocycles. The zero-order valence-corrected chi connectivity index (χ0v) is 9.70. The number of nitrogens with two attached hydrogens (primary N) is 2. The molecule has 0 heterocycles. The molecule has 15 heavy (non-hydrogen) atoms. The largest absolute Gasteiger partial charge is 0.481 e. The molecule has 0 spiro atoms. The van der Waals surface area contributed by atoms with Crippen LogP contribution in [0.5, 0.6) is 0 Å². The maximum Gasteiger partial charge on any atom is 0.303 e. The van der Waals surface area contributed by atoms with Crippen molar-refractivity contribution in [2.45, 2.75) is 38.0 Å². The lowest BCUT2D eigenvalue weighted by molar-refractivity contribution is -0.138. The molecule has 7 heteroatoms. The Morgan fingerprint density at radius 3 is 2.20 bits per heavy atom. The topological polar surface area (TPSA) is 123 Å². The van der Waals surface area contributed by atoms with Crippen molar-refractivity contribution < 1.29 is 18.3 Å². The van der Waals surface area contributed by atoms with Crippen molar-refractivity contribution in [3.63, 3.8) is 0 Å². The molecule has 0 aliphatic heterocycles. The van der Waals surface area contributed by atoms with Crippen LogP contribution in [-0.2, 0) is 14.8 Å². The van der Waals surface area contributed by atoms with Gasteiger partial charge in [-0.25, -0.2) is 13.6 Å². The number of carbonyl (C=O) groups is 1. The molecule has 5 N–H and O–H groups in total.